The van der Waals surface area contributed by atoms with Crippen molar-refractivity contribution in [2.24, 2.45) is 0 Å². The lowest BCUT2D eigenvalue weighted by Crippen LogP contribution is -2.51. The Balaban J connectivity index is 1.63. The van der Waals surface area contributed by atoms with Crippen molar-refractivity contribution in [2.45, 2.75) is 30.8 Å². The highest BCUT2D eigenvalue weighted by Gasteiger charge is 2.45. The van der Waals surface area contributed by atoms with Crippen LogP contribution in [0.4, 0.5) is 0 Å². The van der Waals surface area contributed by atoms with Crippen LogP contribution in [0.2, 0.25) is 5.02 Å². The molecule has 0 radical (unpaired) electrons. The normalized spacial score (nSPS) is 20.5. The van der Waals surface area contributed by atoms with E-state index >= 15 is 0 Å². The number of amides is 2. The molecule has 2 heterocycles. The maximum atomic E-state index is 13.0. The minimum atomic E-state index is -0.891. The quantitative estimate of drug-likeness (QED) is 0.683. The fraction of sp³-hybridized carbons (Fsp3) is 0.292. The van der Waals surface area contributed by atoms with Gasteiger partial charge in [-0.25, -0.2) is 0 Å². The molecule has 2 aromatic rings. The van der Waals surface area contributed by atoms with Gasteiger partial charge in [0.25, 0.3) is 5.91 Å². The van der Waals surface area contributed by atoms with Crippen molar-refractivity contribution in [1.82, 2.24) is 10.6 Å². The van der Waals surface area contributed by atoms with E-state index in [1.165, 1.54) is 0 Å². The molecule has 1 atom stereocenters. The number of fused-ring (bicyclic) bond motifs is 9. The summed E-state index contributed by atoms with van der Waals surface area (Å²) in [6.45, 7) is 0.631. The van der Waals surface area contributed by atoms with Gasteiger partial charge in [-0.3, -0.25) is 9.59 Å². The number of hydrogen-bond acceptors (Lipinski definition) is 5. The second-order valence-electron chi connectivity index (χ2n) is 7.80. The lowest BCUT2D eigenvalue weighted by Gasteiger charge is -2.21. The summed E-state index contributed by atoms with van der Waals surface area (Å²) in [7, 11) is 0. The third kappa shape index (κ3) is 5.21. The van der Waals surface area contributed by atoms with E-state index in [-0.39, 0.29) is 6.42 Å². The average molecular weight is 452 g/mol. The first-order valence-corrected chi connectivity index (χ1v) is 10.7. The van der Waals surface area contributed by atoms with E-state index in [1.54, 1.807) is 42.5 Å². The SMILES string of the molecule is N#CC1(NC(=O)[C@@H]2Cc3ccc(c(Cl)c3)OC/C=C/COc3cccc(c3)C(=O)N2)CC1. The van der Waals surface area contributed by atoms with Crippen LogP contribution >= 0.6 is 11.6 Å². The Morgan fingerprint density at radius 2 is 1.94 bits per heavy atom. The van der Waals surface area contributed by atoms with Crippen molar-refractivity contribution in [3.8, 4) is 17.6 Å². The van der Waals surface area contributed by atoms with Crippen molar-refractivity contribution in [3.05, 3.63) is 70.8 Å². The van der Waals surface area contributed by atoms with E-state index in [0.717, 1.165) is 5.56 Å². The highest BCUT2D eigenvalue weighted by atomic mass is 35.5. The molecule has 2 aromatic carbocycles. The standard InChI is InChI=1S/C24H22ClN3O4/c25-19-12-16-6-7-21(19)32-11-2-1-10-31-18-5-3-4-17(14-18)22(29)27-20(13-16)23(30)28-24(15-26)8-9-24/h1-7,12,14,20H,8-11,13H2,(H,27,29)(H,28,30)/b2-1+/t20-/m0/s1. The summed E-state index contributed by atoms with van der Waals surface area (Å²) in [5.41, 5.74) is 0.277. The second-order valence-corrected chi connectivity index (χ2v) is 8.21. The molecule has 2 amide bonds. The zero-order valence-electron chi connectivity index (χ0n) is 17.3. The summed E-state index contributed by atoms with van der Waals surface area (Å²) in [4.78, 5) is 25.9. The number of benzene rings is 2. The fourth-order valence-electron chi connectivity index (χ4n) is 3.33. The molecule has 1 saturated carbocycles. The van der Waals surface area contributed by atoms with Gasteiger partial charge < -0.3 is 20.1 Å². The van der Waals surface area contributed by atoms with Gasteiger partial charge in [0.15, 0.2) is 0 Å². The lowest BCUT2D eigenvalue weighted by atomic mass is 10.0. The van der Waals surface area contributed by atoms with Crippen LogP contribution in [0.25, 0.3) is 0 Å². The first-order valence-electron chi connectivity index (χ1n) is 10.3. The van der Waals surface area contributed by atoms with Gasteiger partial charge in [0, 0.05) is 12.0 Å². The molecule has 3 aliphatic rings. The van der Waals surface area contributed by atoms with E-state index in [4.69, 9.17) is 21.1 Å². The number of nitrogens with zero attached hydrogens (tertiary/aromatic N) is 1. The average Bonchev–Trinajstić information content (AvgIpc) is 3.56. The fourth-order valence-corrected chi connectivity index (χ4v) is 3.59. The third-order valence-electron chi connectivity index (χ3n) is 5.33. The monoisotopic (exact) mass is 451 g/mol. The van der Waals surface area contributed by atoms with Gasteiger partial charge in [-0.2, -0.15) is 5.26 Å². The maximum absolute atomic E-state index is 13.0. The van der Waals surface area contributed by atoms with Crippen molar-refractivity contribution < 1.29 is 19.1 Å². The van der Waals surface area contributed by atoms with Crippen molar-refractivity contribution in [1.29, 1.82) is 5.26 Å². The van der Waals surface area contributed by atoms with Crippen molar-refractivity contribution >= 4 is 23.4 Å². The van der Waals surface area contributed by atoms with Gasteiger partial charge in [0.05, 0.1) is 11.1 Å². The molecule has 0 spiro atoms. The minimum Gasteiger partial charge on any atom is -0.490 e. The lowest BCUT2D eigenvalue weighted by molar-refractivity contribution is -0.123. The number of nitrogens with one attached hydrogen (secondary N) is 2. The molecule has 8 heteroatoms. The Morgan fingerprint density at radius 1 is 1.16 bits per heavy atom. The van der Waals surface area contributed by atoms with Crippen molar-refractivity contribution in [2.75, 3.05) is 13.2 Å². The van der Waals surface area contributed by atoms with Crippen LogP contribution in [0, 0.1) is 11.3 Å². The maximum Gasteiger partial charge on any atom is 0.252 e. The molecule has 7 nitrogen and oxygen atoms in total. The van der Waals surface area contributed by atoms with Gasteiger partial charge in [0.2, 0.25) is 5.91 Å². The predicted molar refractivity (Wildman–Crippen MR) is 119 cm³/mol. The Morgan fingerprint density at radius 3 is 2.66 bits per heavy atom. The van der Waals surface area contributed by atoms with E-state index < -0.39 is 23.4 Å². The molecule has 0 aromatic heterocycles. The summed E-state index contributed by atoms with van der Waals surface area (Å²) >= 11 is 6.36. The molecule has 2 N–H and O–H groups in total. The van der Waals surface area contributed by atoms with E-state index in [2.05, 4.69) is 16.7 Å². The third-order valence-corrected chi connectivity index (χ3v) is 5.62. The van der Waals surface area contributed by atoms with E-state index in [0.29, 0.717) is 48.1 Å². The summed E-state index contributed by atoms with van der Waals surface area (Å²) in [5.74, 6) is 0.222. The number of halogens is 1. The van der Waals surface area contributed by atoms with E-state index in [9.17, 15) is 14.9 Å². The Bertz CT molecular complexity index is 1100. The summed E-state index contributed by atoms with van der Waals surface area (Å²) in [6.07, 6.45) is 5.04. The van der Waals surface area contributed by atoms with Crippen LogP contribution in [0.3, 0.4) is 0 Å². The molecular formula is C24H22ClN3O4. The zero-order chi connectivity index (χ0) is 22.6. The molecule has 164 valence electrons. The molecule has 5 rings (SSSR count). The molecule has 2 aliphatic heterocycles. The summed E-state index contributed by atoms with van der Waals surface area (Å²) < 4.78 is 11.3. The molecule has 1 fully saturated rings. The second kappa shape index (κ2) is 9.33. The van der Waals surface area contributed by atoms with Crippen LogP contribution < -0.4 is 20.1 Å². The topological polar surface area (TPSA) is 100 Å². The van der Waals surface area contributed by atoms with Gasteiger partial charge in [-0.1, -0.05) is 23.7 Å². The Labute approximate surface area is 191 Å². The summed E-state index contributed by atoms with van der Waals surface area (Å²) in [5, 5.41) is 15.3. The number of nitriles is 1. The van der Waals surface area contributed by atoms with Gasteiger partial charge in [0.1, 0.15) is 36.3 Å². The molecule has 32 heavy (non-hydrogen) atoms. The van der Waals surface area contributed by atoms with Crippen LogP contribution in [-0.2, 0) is 11.2 Å². The molecule has 0 saturated heterocycles. The molecule has 1 aliphatic carbocycles. The number of hydrogen-bond donors (Lipinski definition) is 2. The van der Waals surface area contributed by atoms with Crippen molar-refractivity contribution in [3.63, 3.8) is 0 Å². The van der Waals surface area contributed by atoms with Gasteiger partial charge in [-0.15, -0.1) is 0 Å². The van der Waals surface area contributed by atoms with Crippen LogP contribution in [-0.4, -0.2) is 36.6 Å². The number of carbonyl (C=O) groups excluding carboxylic acids is 2. The molecular weight excluding hydrogens is 430 g/mol. The number of rotatable bonds is 2. The van der Waals surface area contributed by atoms with Crippen LogP contribution in [0.1, 0.15) is 28.8 Å². The Kier molecular flexibility index (Phi) is 6.33. The zero-order valence-corrected chi connectivity index (χ0v) is 18.0. The first-order chi connectivity index (χ1) is 15.5. The van der Waals surface area contributed by atoms with Crippen LogP contribution in [0.5, 0.6) is 11.5 Å². The molecule has 0 unspecified atom stereocenters. The number of ether oxygens (including phenoxy) is 2. The number of carbonyl (C=O) groups is 2. The molecule has 4 bridgehead atoms. The largest absolute Gasteiger partial charge is 0.490 e. The minimum absolute atomic E-state index is 0.204. The Hall–Kier alpha value is -3.50. The highest BCUT2D eigenvalue weighted by molar-refractivity contribution is 6.32. The summed E-state index contributed by atoms with van der Waals surface area (Å²) in [6, 6.07) is 13.2. The smallest absolute Gasteiger partial charge is 0.252 e. The van der Waals surface area contributed by atoms with E-state index in [1.807, 2.05) is 12.2 Å². The van der Waals surface area contributed by atoms with Gasteiger partial charge >= 0.3 is 0 Å². The highest BCUT2D eigenvalue weighted by Crippen LogP contribution is 2.34. The predicted octanol–water partition coefficient (Wildman–Crippen LogP) is 3.18. The van der Waals surface area contributed by atoms with Gasteiger partial charge in [-0.05, 0) is 60.9 Å². The van der Waals surface area contributed by atoms with Crippen LogP contribution in [0.15, 0.2) is 54.6 Å². The first kappa shape index (κ1) is 21.7.